The highest BCUT2D eigenvalue weighted by molar-refractivity contribution is 7.86. The Morgan fingerprint density at radius 1 is 1.11 bits per heavy atom. The molecule has 7 heteroatoms. The van der Waals surface area contributed by atoms with Gasteiger partial charge in [-0.25, -0.2) is 0 Å². The van der Waals surface area contributed by atoms with Gasteiger partial charge in [0, 0.05) is 26.2 Å². The summed E-state index contributed by atoms with van der Waals surface area (Å²) in [4.78, 5) is 0. The Kier molecular flexibility index (Phi) is 4.28. The molecule has 2 fully saturated rings. The van der Waals surface area contributed by atoms with Gasteiger partial charge in [0.05, 0.1) is 18.3 Å². The predicted molar refractivity (Wildman–Crippen MR) is 67.3 cm³/mol. The molecule has 2 aliphatic rings. The number of aliphatic hydroxyl groups excluding tert-OH is 1. The van der Waals surface area contributed by atoms with E-state index >= 15 is 0 Å². The zero-order valence-corrected chi connectivity index (χ0v) is 11.8. The monoisotopic (exact) mass is 278 g/mol. The van der Waals surface area contributed by atoms with E-state index in [1.807, 2.05) is 13.8 Å². The first-order chi connectivity index (χ1) is 8.39. The molecule has 2 heterocycles. The molecule has 3 atom stereocenters. The largest absolute Gasteiger partial charge is 0.392 e. The molecule has 0 saturated carbocycles. The average molecular weight is 278 g/mol. The smallest absolute Gasteiger partial charge is 0.282 e. The minimum absolute atomic E-state index is 0.0850. The zero-order valence-electron chi connectivity index (χ0n) is 10.9. The van der Waals surface area contributed by atoms with Gasteiger partial charge >= 0.3 is 0 Å². The maximum atomic E-state index is 12.5. The fourth-order valence-electron chi connectivity index (χ4n) is 2.61. The molecule has 2 unspecified atom stereocenters. The van der Waals surface area contributed by atoms with Gasteiger partial charge in [-0.05, 0) is 26.7 Å². The van der Waals surface area contributed by atoms with Gasteiger partial charge in [-0.1, -0.05) is 0 Å². The molecule has 0 radical (unpaired) electrons. The number of nitrogens with zero attached hydrogens (tertiary/aromatic N) is 2. The molecule has 2 rings (SSSR count). The van der Waals surface area contributed by atoms with E-state index in [9.17, 15) is 13.5 Å². The summed E-state index contributed by atoms with van der Waals surface area (Å²) in [5.41, 5.74) is 0. The first-order valence-corrected chi connectivity index (χ1v) is 7.88. The molecule has 18 heavy (non-hydrogen) atoms. The van der Waals surface area contributed by atoms with Crippen LogP contribution in [0.5, 0.6) is 0 Å². The Hall–Kier alpha value is -0.210. The standard InChI is InChI=1S/C11H22N2O4S/c1-9-6-13(7-10(2)17-9)18(15,16)12-5-3-4-11(14)8-12/h9-11,14H,3-8H2,1-2H3/t9?,10?,11-/m0/s1. The number of β-amino-alcohol motifs (C(OH)–C–C–N with tert-alkyl or cyclic N) is 1. The number of morpholine rings is 1. The molecule has 1 N–H and O–H groups in total. The summed E-state index contributed by atoms with van der Waals surface area (Å²) in [6.45, 7) is 5.24. The first kappa shape index (κ1) is 14.2. The van der Waals surface area contributed by atoms with E-state index in [4.69, 9.17) is 4.74 Å². The topological polar surface area (TPSA) is 70.1 Å². The normalized spacial score (nSPS) is 36.7. The van der Waals surface area contributed by atoms with E-state index in [0.717, 1.165) is 6.42 Å². The second-order valence-corrected chi connectivity index (χ2v) is 7.16. The summed E-state index contributed by atoms with van der Waals surface area (Å²) >= 11 is 0. The van der Waals surface area contributed by atoms with Crippen molar-refractivity contribution in [3.05, 3.63) is 0 Å². The fourth-order valence-corrected chi connectivity index (χ4v) is 4.46. The Morgan fingerprint density at radius 3 is 2.28 bits per heavy atom. The van der Waals surface area contributed by atoms with Crippen molar-refractivity contribution in [2.75, 3.05) is 26.2 Å². The molecule has 2 saturated heterocycles. The minimum atomic E-state index is -3.46. The maximum absolute atomic E-state index is 12.5. The van der Waals surface area contributed by atoms with Crippen molar-refractivity contribution in [3.8, 4) is 0 Å². The van der Waals surface area contributed by atoms with Crippen molar-refractivity contribution >= 4 is 10.2 Å². The van der Waals surface area contributed by atoms with Crippen LogP contribution in [0.15, 0.2) is 0 Å². The van der Waals surface area contributed by atoms with Crippen LogP contribution in [-0.4, -0.2) is 66.6 Å². The quantitative estimate of drug-likeness (QED) is 0.759. The zero-order chi connectivity index (χ0) is 13.3. The number of hydrogen-bond donors (Lipinski definition) is 1. The lowest BCUT2D eigenvalue weighted by atomic mass is 10.1. The highest BCUT2D eigenvalue weighted by atomic mass is 32.2. The number of piperidine rings is 1. The summed E-state index contributed by atoms with van der Waals surface area (Å²) in [6.07, 6.45) is 0.693. The highest BCUT2D eigenvalue weighted by Crippen LogP contribution is 2.20. The maximum Gasteiger partial charge on any atom is 0.282 e. The van der Waals surface area contributed by atoms with Crippen molar-refractivity contribution in [2.24, 2.45) is 0 Å². The predicted octanol–water partition coefficient (Wildman–Crippen LogP) is -0.203. The molecule has 0 spiro atoms. The van der Waals surface area contributed by atoms with E-state index in [-0.39, 0.29) is 18.8 Å². The van der Waals surface area contributed by atoms with E-state index in [1.54, 1.807) is 0 Å². The summed E-state index contributed by atoms with van der Waals surface area (Å²) in [6, 6.07) is 0. The van der Waals surface area contributed by atoms with E-state index in [0.29, 0.717) is 26.1 Å². The van der Waals surface area contributed by atoms with Crippen LogP contribution in [0.3, 0.4) is 0 Å². The summed E-state index contributed by atoms with van der Waals surface area (Å²) in [5, 5.41) is 9.60. The second-order valence-electron chi connectivity index (χ2n) is 5.24. The lowest BCUT2D eigenvalue weighted by Gasteiger charge is -2.39. The van der Waals surface area contributed by atoms with Crippen LogP contribution < -0.4 is 0 Å². The van der Waals surface area contributed by atoms with Gasteiger partial charge in [0.15, 0.2) is 0 Å². The molecule has 0 bridgehead atoms. The number of aliphatic hydroxyl groups is 1. The molecular formula is C11H22N2O4S. The Balaban J connectivity index is 2.09. The molecule has 0 aromatic rings. The van der Waals surface area contributed by atoms with Gasteiger partial charge in [-0.2, -0.15) is 17.0 Å². The molecule has 2 aliphatic heterocycles. The number of ether oxygens (including phenoxy) is 1. The molecular weight excluding hydrogens is 256 g/mol. The van der Waals surface area contributed by atoms with Crippen LogP contribution >= 0.6 is 0 Å². The first-order valence-electron chi connectivity index (χ1n) is 6.48. The minimum Gasteiger partial charge on any atom is -0.392 e. The van der Waals surface area contributed by atoms with Crippen LogP contribution in [0.25, 0.3) is 0 Å². The molecule has 6 nitrogen and oxygen atoms in total. The molecule has 0 aromatic heterocycles. The third-order valence-corrected chi connectivity index (χ3v) is 5.33. The van der Waals surface area contributed by atoms with Gasteiger partial charge in [0.1, 0.15) is 0 Å². The summed E-state index contributed by atoms with van der Waals surface area (Å²) in [7, 11) is -3.46. The summed E-state index contributed by atoms with van der Waals surface area (Å²) in [5.74, 6) is 0. The molecule has 106 valence electrons. The molecule has 0 amide bonds. The second kappa shape index (κ2) is 5.42. The van der Waals surface area contributed by atoms with E-state index < -0.39 is 16.3 Å². The third-order valence-electron chi connectivity index (χ3n) is 3.40. The van der Waals surface area contributed by atoms with Crippen LogP contribution in [0.1, 0.15) is 26.7 Å². The van der Waals surface area contributed by atoms with Crippen LogP contribution in [0.4, 0.5) is 0 Å². The number of hydrogen-bond acceptors (Lipinski definition) is 4. The Morgan fingerprint density at radius 2 is 1.72 bits per heavy atom. The number of rotatable bonds is 2. The van der Waals surface area contributed by atoms with Gasteiger partial charge in [-0.3, -0.25) is 0 Å². The van der Waals surface area contributed by atoms with Crippen molar-refractivity contribution in [1.29, 1.82) is 0 Å². The SMILES string of the molecule is CC1CN(S(=O)(=O)N2CCC[C@H](O)C2)CC(C)O1. The Bertz CT molecular complexity index is 377. The van der Waals surface area contributed by atoms with Crippen molar-refractivity contribution in [3.63, 3.8) is 0 Å². The van der Waals surface area contributed by atoms with Crippen LogP contribution in [0.2, 0.25) is 0 Å². The van der Waals surface area contributed by atoms with Crippen LogP contribution in [-0.2, 0) is 14.9 Å². The van der Waals surface area contributed by atoms with Crippen molar-refractivity contribution in [1.82, 2.24) is 8.61 Å². The molecule has 0 aromatic carbocycles. The van der Waals surface area contributed by atoms with Crippen molar-refractivity contribution < 1.29 is 18.3 Å². The van der Waals surface area contributed by atoms with Gasteiger partial charge in [0.2, 0.25) is 0 Å². The molecule has 0 aliphatic carbocycles. The third kappa shape index (κ3) is 3.03. The van der Waals surface area contributed by atoms with Gasteiger partial charge in [0.25, 0.3) is 10.2 Å². The van der Waals surface area contributed by atoms with E-state index in [2.05, 4.69) is 0 Å². The summed E-state index contributed by atoms with van der Waals surface area (Å²) < 4.78 is 33.3. The lowest BCUT2D eigenvalue weighted by molar-refractivity contribution is -0.0460. The van der Waals surface area contributed by atoms with Gasteiger partial charge in [-0.15, -0.1) is 0 Å². The lowest BCUT2D eigenvalue weighted by Crippen LogP contribution is -2.55. The van der Waals surface area contributed by atoms with Crippen molar-refractivity contribution in [2.45, 2.75) is 45.0 Å². The highest BCUT2D eigenvalue weighted by Gasteiger charge is 2.37. The Labute approximate surface area is 109 Å². The van der Waals surface area contributed by atoms with E-state index in [1.165, 1.54) is 8.61 Å². The fraction of sp³-hybridized carbons (Fsp3) is 1.00. The van der Waals surface area contributed by atoms with Crippen LogP contribution in [0, 0.1) is 0 Å². The van der Waals surface area contributed by atoms with Gasteiger partial charge < -0.3 is 9.84 Å². The average Bonchev–Trinajstić information content (AvgIpc) is 2.27.